The highest BCUT2D eigenvalue weighted by Crippen LogP contribution is 2.67. The number of aliphatic hydroxyl groups excluding tert-OH is 1. The topological polar surface area (TPSA) is 29.5 Å². The molecule has 22 heavy (non-hydrogen) atoms. The third-order valence-corrected chi connectivity index (χ3v) is 6.62. The number of rotatable bonds is 3. The Labute approximate surface area is 133 Å². The Balaban J connectivity index is 1.81. The van der Waals surface area contributed by atoms with E-state index in [0.29, 0.717) is 5.92 Å². The van der Waals surface area contributed by atoms with Crippen LogP contribution in [0.5, 0.6) is 0 Å². The summed E-state index contributed by atoms with van der Waals surface area (Å²) in [4.78, 5) is 0. The van der Waals surface area contributed by atoms with Gasteiger partial charge in [-0.15, -0.1) is 6.58 Å². The molecule has 2 heteroatoms. The van der Waals surface area contributed by atoms with Crippen LogP contribution in [0.2, 0.25) is 0 Å². The fourth-order valence-electron chi connectivity index (χ4n) is 5.82. The molecule has 4 rings (SSSR count). The predicted octanol–water partition coefficient (Wildman–Crippen LogP) is 4.40. The summed E-state index contributed by atoms with van der Waals surface area (Å²) in [6, 6.07) is 10.6. The minimum absolute atomic E-state index is 0.0635. The van der Waals surface area contributed by atoms with Crippen molar-refractivity contribution in [2.45, 2.75) is 62.8 Å². The van der Waals surface area contributed by atoms with Gasteiger partial charge >= 0.3 is 0 Å². The van der Waals surface area contributed by atoms with Crippen LogP contribution in [0.1, 0.15) is 56.4 Å². The van der Waals surface area contributed by atoms with Gasteiger partial charge in [0.25, 0.3) is 0 Å². The summed E-state index contributed by atoms with van der Waals surface area (Å²) in [5.74, 6) is 0.648. The van der Waals surface area contributed by atoms with E-state index in [1.807, 2.05) is 0 Å². The molecule has 2 nitrogen and oxygen atoms in total. The SMILES string of the molecule is C=C[C@@H](c1ccccc1)[C@@]12CCC[C@]3(CCCCC31)OC2O. The first-order valence-corrected chi connectivity index (χ1v) is 8.76. The van der Waals surface area contributed by atoms with E-state index in [4.69, 9.17) is 4.74 Å². The van der Waals surface area contributed by atoms with Crippen LogP contribution in [0.15, 0.2) is 43.0 Å². The van der Waals surface area contributed by atoms with E-state index in [0.717, 1.165) is 25.7 Å². The van der Waals surface area contributed by atoms with E-state index < -0.39 is 6.29 Å². The van der Waals surface area contributed by atoms with E-state index in [2.05, 4.69) is 43.0 Å². The quantitative estimate of drug-likeness (QED) is 0.838. The molecule has 2 saturated carbocycles. The van der Waals surface area contributed by atoms with E-state index in [9.17, 15) is 5.11 Å². The molecule has 2 unspecified atom stereocenters. The van der Waals surface area contributed by atoms with Gasteiger partial charge in [0.05, 0.1) is 5.60 Å². The molecule has 0 radical (unpaired) electrons. The Hall–Kier alpha value is -1.12. The second kappa shape index (κ2) is 5.21. The van der Waals surface area contributed by atoms with E-state index in [-0.39, 0.29) is 16.9 Å². The normalized spacial score (nSPS) is 41.7. The van der Waals surface area contributed by atoms with Crippen molar-refractivity contribution >= 4 is 0 Å². The van der Waals surface area contributed by atoms with Crippen LogP contribution in [0.4, 0.5) is 0 Å². The highest BCUT2D eigenvalue weighted by atomic mass is 16.6. The van der Waals surface area contributed by atoms with E-state index >= 15 is 0 Å². The van der Waals surface area contributed by atoms with Gasteiger partial charge in [-0.3, -0.25) is 0 Å². The largest absolute Gasteiger partial charge is 0.367 e. The lowest BCUT2D eigenvalue weighted by molar-refractivity contribution is -0.164. The summed E-state index contributed by atoms with van der Waals surface area (Å²) < 4.78 is 6.29. The van der Waals surface area contributed by atoms with Gasteiger partial charge in [0.1, 0.15) is 0 Å². The first-order valence-electron chi connectivity index (χ1n) is 8.76. The van der Waals surface area contributed by atoms with Crippen LogP contribution >= 0.6 is 0 Å². The molecule has 5 atom stereocenters. The first-order chi connectivity index (χ1) is 10.7. The summed E-state index contributed by atoms with van der Waals surface area (Å²) in [5.41, 5.74) is 1.02. The molecule has 3 fully saturated rings. The zero-order valence-electron chi connectivity index (χ0n) is 13.2. The molecule has 1 heterocycles. The fraction of sp³-hybridized carbons (Fsp3) is 0.600. The highest BCUT2D eigenvalue weighted by Gasteiger charge is 2.67. The number of hydrogen-bond acceptors (Lipinski definition) is 2. The smallest absolute Gasteiger partial charge is 0.162 e. The predicted molar refractivity (Wildman–Crippen MR) is 87.4 cm³/mol. The van der Waals surface area contributed by atoms with Crippen molar-refractivity contribution in [2.24, 2.45) is 11.3 Å². The maximum absolute atomic E-state index is 11.0. The van der Waals surface area contributed by atoms with Gasteiger partial charge in [-0.1, -0.05) is 49.2 Å². The molecule has 1 aliphatic heterocycles. The third-order valence-electron chi connectivity index (χ3n) is 6.62. The maximum atomic E-state index is 11.0. The van der Waals surface area contributed by atoms with Crippen LogP contribution in [-0.2, 0) is 4.74 Å². The molecule has 2 aliphatic carbocycles. The monoisotopic (exact) mass is 298 g/mol. The molecule has 3 aliphatic rings. The lowest BCUT2D eigenvalue weighted by atomic mass is 9.52. The molecule has 0 amide bonds. The molecule has 1 N–H and O–H groups in total. The Morgan fingerprint density at radius 1 is 1.14 bits per heavy atom. The summed E-state index contributed by atoms with van der Waals surface area (Å²) in [6.45, 7) is 4.13. The zero-order chi connectivity index (χ0) is 15.2. The molecule has 118 valence electrons. The molecule has 0 spiro atoms. The Morgan fingerprint density at radius 2 is 1.91 bits per heavy atom. The number of allylic oxidation sites excluding steroid dienone is 1. The molecule has 2 bridgehead atoms. The summed E-state index contributed by atoms with van der Waals surface area (Å²) in [5, 5.41) is 11.0. The summed E-state index contributed by atoms with van der Waals surface area (Å²) in [6.07, 6.45) is 9.54. The second-order valence-corrected chi connectivity index (χ2v) is 7.42. The van der Waals surface area contributed by atoms with Crippen molar-refractivity contribution in [3.63, 3.8) is 0 Å². The molecule has 1 saturated heterocycles. The van der Waals surface area contributed by atoms with Gasteiger partial charge in [0.15, 0.2) is 6.29 Å². The maximum Gasteiger partial charge on any atom is 0.162 e. The minimum Gasteiger partial charge on any atom is -0.367 e. The van der Waals surface area contributed by atoms with Crippen molar-refractivity contribution in [2.75, 3.05) is 0 Å². The van der Waals surface area contributed by atoms with Crippen molar-refractivity contribution in [3.05, 3.63) is 48.6 Å². The lowest BCUT2D eigenvalue weighted by Crippen LogP contribution is -2.49. The zero-order valence-corrected chi connectivity index (χ0v) is 13.2. The van der Waals surface area contributed by atoms with Gasteiger partial charge in [0, 0.05) is 11.3 Å². The number of ether oxygens (including phenoxy) is 1. The van der Waals surface area contributed by atoms with Crippen LogP contribution in [-0.4, -0.2) is 17.0 Å². The molecular formula is C20H26O2. The van der Waals surface area contributed by atoms with Crippen molar-refractivity contribution < 1.29 is 9.84 Å². The van der Waals surface area contributed by atoms with Gasteiger partial charge in [-0.2, -0.15) is 0 Å². The average Bonchev–Trinajstić information content (AvgIpc) is 2.70. The van der Waals surface area contributed by atoms with Gasteiger partial charge in [-0.25, -0.2) is 0 Å². The Bertz CT molecular complexity index is 550. The van der Waals surface area contributed by atoms with Crippen LogP contribution in [0, 0.1) is 11.3 Å². The first kappa shape index (κ1) is 14.5. The average molecular weight is 298 g/mol. The molecular weight excluding hydrogens is 272 g/mol. The fourth-order valence-corrected chi connectivity index (χ4v) is 5.82. The Kier molecular flexibility index (Phi) is 3.43. The summed E-state index contributed by atoms with van der Waals surface area (Å²) >= 11 is 0. The van der Waals surface area contributed by atoms with Crippen LogP contribution < -0.4 is 0 Å². The van der Waals surface area contributed by atoms with Crippen molar-refractivity contribution in [3.8, 4) is 0 Å². The molecule has 1 aromatic carbocycles. The van der Waals surface area contributed by atoms with Crippen molar-refractivity contribution in [1.29, 1.82) is 0 Å². The number of aliphatic hydroxyl groups is 1. The number of benzene rings is 1. The van der Waals surface area contributed by atoms with Crippen molar-refractivity contribution in [1.82, 2.24) is 0 Å². The Morgan fingerprint density at radius 3 is 2.68 bits per heavy atom. The second-order valence-electron chi connectivity index (χ2n) is 7.42. The lowest BCUT2D eigenvalue weighted by Gasteiger charge is -2.50. The third kappa shape index (κ3) is 1.80. The standard InChI is InChI=1S/C20H26O2/c1-2-16(15-9-4-3-5-10-15)20-14-8-13-19(22-18(20)21)12-7-6-11-17(19)20/h2-5,9-10,16-18,21H,1,6-8,11-14H2/t16-,17?,18?,19-,20-/m0/s1. The summed E-state index contributed by atoms with van der Waals surface area (Å²) in [7, 11) is 0. The van der Waals surface area contributed by atoms with Gasteiger partial charge in [0.2, 0.25) is 0 Å². The number of hydrogen-bond donors (Lipinski definition) is 1. The van der Waals surface area contributed by atoms with Gasteiger partial charge < -0.3 is 9.84 Å². The minimum atomic E-state index is -0.652. The van der Waals surface area contributed by atoms with Crippen LogP contribution in [0.25, 0.3) is 0 Å². The van der Waals surface area contributed by atoms with Gasteiger partial charge in [-0.05, 0) is 43.6 Å². The van der Waals surface area contributed by atoms with E-state index in [1.165, 1.54) is 24.8 Å². The molecule has 1 aromatic rings. The molecule has 0 aromatic heterocycles. The van der Waals surface area contributed by atoms with Crippen LogP contribution in [0.3, 0.4) is 0 Å². The van der Waals surface area contributed by atoms with E-state index in [1.54, 1.807) is 0 Å². The highest BCUT2D eigenvalue weighted by molar-refractivity contribution is 5.30.